The normalized spacial score (nSPS) is 12.8. The maximum absolute atomic E-state index is 12.7. The van der Waals surface area contributed by atoms with E-state index in [-0.39, 0.29) is 17.9 Å². The van der Waals surface area contributed by atoms with Crippen LogP contribution in [0.25, 0.3) is 10.6 Å². The molecule has 2 unspecified atom stereocenters. The molecule has 28 heavy (non-hydrogen) atoms. The highest BCUT2D eigenvalue weighted by molar-refractivity contribution is 7.18. The molecule has 8 nitrogen and oxygen atoms in total. The van der Waals surface area contributed by atoms with Crippen molar-refractivity contribution in [1.82, 2.24) is 20.4 Å². The predicted octanol–water partition coefficient (Wildman–Crippen LogP) is 2.90. The van der Waals surface area contributed by atoms with Gasteiger partial charge in [-0.1, -0.05) is 31.6 Å². The van der Waals surface area contributed by atoms with E-state index >= 15 is 0 Å². The van der Waals surface area contributed by atoms with Gasteiger partial charge >= 0.3 is 6.03 Å². The second kappa shape index (κ2) is 9.50. The highest BCUT2D eigenvalue weighted by atomic mass is 32.1. The number of hydrogen-bond donors (Lipinski definition) is 2. The Hall–Kier alpha value is -2.68. The smallest absolute Gasteiger partial charge is 0.317 e. The summed E-state index contributed by atoms with van der Waals surface area (Å²) in [6.45, 7) is 3.91. The zero-order valence-electron chi connectivity index (χ0n) is 17.2. The monoisotopic (exact) mass is 404 g/mol. The number of nitrogens with one attached hydrogen (secondary N) is 2. The van der Waals surface area contributed by atoms with E-state index in [1.165, 1.54) is 16.2 Å². The lowest BCUT2D eigenvalue weighted by Gasteiger charge is -2.24. The van der Waals surface area contributed by atoms with E-state index < -0.39 is 6.04 Å². The highest BCUT2D eigenvalue weighted by Gasteiger charge is 2.27. The average molecular weight is 405 g/mol. The molecule has 2 aromatic rings. The Labute approximate surface area is 169 Å². The van der Waals surface area contributed by atoms with E-state index in [0.29, 0.717) is 5.13 Å². The third kappa shape index (κ3) is 5.41. The van der Waals surface area contributed by atoms with E-state index in [1.54, 1.807) is 14.1 Å². The Balaban J connectivity index is 2.11. The van der Waals surface area contributed by atoms with Crippen molar-refractivity contribution in [2.45, 2.75) is 26.3 Å². The standard InChI is InChI=1S/C19H28N6O2S/c1-7-12(2)15(20-19(27)25(5)6)16(26)21-18-23-22-17(28-18)13-8-10-14(11-9-13)24(3)4/h8-12,15H,7H2,1-6H3,(H,20,27)(H,21,23,26). The first-order chi connectivity index (χ1) is 13.2. The van der Waals surface area contributed by atoms with Gasteiger partial charge in [0.05, 0.1) is 0 Å². The summed E-state index contributed by atoms with van der Waals surface area (Å²) in [5, 5.41) is 14.9. The number of amides is 3. The number of hydrogen-bond acceptors (Lipinski definition) is 6. The summed E-state index contributed by atoms with van der Waals surface area (Å²) in [4.78, 5) is 28.2. The van der Waals surface area contributed by atoms with Gasteiger partial charge in [-0.2, -0.15) is 0 Å². The van der Waals surface area contributed by atoms with Crippen molar-refractivity contribution >= 4 is 34.1 Å². The van der Waals surface area contributed by atoms with Gasteiger partial charge in [0.15, 0.2) is 0 Å². The van der Waals surface area contributed by atoms with Crippen LogP contribution in [0, 0.1) is 5.92 Å². The zero-order valence-corrected chi connectivity index (χ0v) is 18.0. The minimum atomic E-state index is -0.647. The van der Waals surface area contributed by atoms with Gasteiger partial charge in [-0.25, -0.2) is 4.79 Å². The Morgan fingerprint density at radius 1 is 1.11 bits per heavy atom. The fourth-order valence-corrected chi connectivity index (χ4v) is 3.19. The van der Waals surface area contributed by atoms with Crippen LogP contribution in [0.3, 0.4) is 0 Å². The van der Waals surface area contributed by atoms with Crippen molar-refractivity contribution in [3.8, 4) is 10.6 Å². The summed E-state index contributed by atoms with van der Waals surface area (Å²) in [5.41, 5.74) is 2.03. The molecule has 2 rings (SSSR count). The Morgan fingerprint density at radius 2 is 1.75 bits per heavy atom. The summed E-state index contributed by atoms with van der Waals surface area (Å²) >= 11 is 1.30. The SMILES string of the molecule is CCC(C)C(NC(=O)N(C)C)C(=O)Nc1nnc(-c2ccc(N(C)C)cc2)s1. The fourth-order valence-electron chi connectivity index (χ4n) is 2.44. The molecule has 9 heteroatoms. The molecule has 0 aliphatic rings. The van der Waals surface area contributed by atoms with Crippen LogP contribution < -0.4 is 15.5 Å². The molecule has 0 spiro atoms. The van der Waals surface area contributed by atoms with Crippen LogP contribution in [-0.4, -0.2) is 61.3 Å². The van der Waals surface area contributed by atoms with Gasteiger partial charge in [0, 0.05) is 39.4 Å². The summed E-state index contributed by atoms with van der Waals surface area (Å²) in [6.07, 6.45) is 0.755. The van der Waals surface area contributed by atoms with Gasteiger partial charge < -0.3 is 15.1 Å². The average Bonchev–Trinajstić information content (AvgIpc) is 3.13. The topological polar surface area (TPSA) is 90.5 Å². The number of carbonyl (C=O) groups is 2. The molecule has 0 fully saturated rings. The lowest BCUT2D eigenvalue weighted by Crippen LogP contribution is -2.50. The molecule has 2 N–H and O–H groups in total. The van der Waals surface area contributed by atoms with Crippen LogP contribution in [-0.2, 0) is 4.79 Å². The summed E-state index contributed by atoms with van der Waals surface area (Å²) in [5.74, 6) is -0.315. The second-order valence-electron chi connectivity index (χ2n) is 7.05. The van der Waals surface area contributed by atoms with E-state index in [1.807, 2.05) is 57.1 Å². The molecular weight excluding hydrogens is 376 g/mol. The first kappa shape index (κ1) is 21.6. The number of benzene rings is 1. The molecular formula is C19H28N6O2S. The Bertz CT molecular complexity index is 803. The van der Waals surface area contributed by atoms with Crippen LogP contribution in [0.4, 0.5) is 15.6 Å². The maximum atomic E-state index is 12.7. The first-order valence-electron chi connectivity index (χ1n) is 9.12. The van der Waals surface area contributed by atoms with E-state index in [2.05, 4.69) is 20.8 Å². The quantitative estimate of drug-likeness (QED) is 0.740. The number of aromatic nitrogens is 2. The lowest BCUT2D eigenvalue weighted by atomic mass is 9.98. The van der Waals surface area contributed by atoms with Crippen molar-refractivity contribution in [3.63, 3.8) is 0 Å². The molecule has 0 saturated carbocycles. The molecule has 2 atom stereocenters. The Kier molecular flexibility index (Phi) is 7.33. The number of anilines is 2. The van der Waals surface area contributed by atoms with Crippen LogP contribution in [0.1, 0.15) is 20.3 Å². The molecule has 0 saturated heterocycles. The molecule has 0 bridgehead atoms. The molecule has 0 aliphatic heterocycles. The van der Waals surface area contributed by atoms with Gasteiger partial charge in [0.25, 0.3) is 0 Å². The van der Waals surface area contributed by atoms with E-state index in [9.17, 15) is 9.59 Å². The third-order valence-electron chi connectivity index (χ3n) is 4.47. The second-order valence-corrected chi connectivity index (χ2v) is 8.03. The maximum Gasteiger partial charge on any atom is 0.317 e. The molecule has 0 radical (unpaired) electrons. The third-order valence-corrected chi connectivity index (χ3v) is 5.35. The Morgan fingerprint density at radius 3 is 2.29 bits per heavy atom. The van der Waals surface area contributed by atoms with Gasteiger partial charge in [-0.15, -0.1) is 10.2 Å². The molecule has 1 aromatic heterocycles. The molecule has 3 amide bonds. The number of urea groups is 1. The van der Waals surface area contributed by atoms with Crippen molar-refractivity contribution in [2.75, 3.05) is 38.4 Å². The summed E-state index contributed by atoms with van der Waals surface area (Å²) in [7, 11) is 7.24. The van der Waals surface area contributed by atoms with Crippen molar-refractivity contribution in [3.05, 3.63) is 24.3 Å². The van der Waals surface area contributed by atoms with Gasteiger partial charge in [0.2, 0.25) is 11.0 Å². The highest BCUT2D eigenvalue weighted by Crippen LogP contribution is 2.28. The molecule has 1 heterocycles. The zero-order chi connectivity index (χ0) is 20.8. The van der Waals surface area contributed by atoms with E-state index in [4.69, 9.17) is 0 Å². The number of rotatable bonds is 7. The minimum Gasteiger partial charge on any atom is -0.378 e. The van der Waals surface area contributed by atoms with Gasteiger partial charge in [0.1, 0.15) is 11.0 Å². The van der Waals surface area contributed by atoms with E-state index in [0.717, 1.165) is 22.7 Å². The van der Waals surface area contributed by atoms with Crippen molar-refractivity contribution in [1.29, 1.82) is 0 Å². The van der Waals surface area contributed by atoms with Crippen LogP contribution in [0.2, 0.25) is 0 Å². The van der Waals surface area contributed by atoms with Crippen molar-refractivity contribution < 1.29 is 9.59 Å². The number of nitrogens with zero attached hydrogens (tertiary/aromatic N) is 4. The van der Waals surface area contributed by atoms with Gasteiger partial charge in [-0.3, -0.25) is 10.1 Å². The predicted molar refractivity (Wildman–Crippen MR) is 114 cm³/mol. The van der Waals surface area contributed by atoms with Crippen molar-refractivity contribution in [2.24, 2.45) is 5.92 Å². The lowest BCUT2D eigenvalue weighted by molar-refractivity contribution is -0.119. The number of carbonyl (C=O) groups excluding carboxylic acids is 2. The molecule has 0 aliphatic carbocycles. The first-order valence-corrected chi connectivity index (χ1v) is 9.94. The minimum absolute atomic E-state index is 0.0186. The van der Waals surface area contributed by atoms with Crippen LogP contribution >= 0.6 is 11.3 Å². The summed E-state index contributed by atoms with van der Waals surface area (Å²) < 4.78 is 0. The van der Waals surface area contributed by atoms with Crippen LogP contribution in [0.15, 0.2) is 24.3 Å². The summed E-state index contributed by atoms with van der Waals surface area (Å²) in [6, 6.07) is 7.00. The molecule has 152 valence electrons. The molecule has 1 aromatic carbocycles. The largest absolute Gasteiger partial charge is 0.378 e. The van der Waals surface area contributed by atoms with Crippen LogP contribution in [0.5, 0.6) is 0 Å². The fraction of sp³-hybridized carbons (Fsp3) is 0.474. The van der Waals surface area contributed by atoms with Gasteiger partial charge in [-0.05, 0) is 30.2 Å².